The van der Waals surface area contributed by atoms with E-state index in [4.69, 9.17) is 20.0 Å². The number of carboxylic acid groups (broad SMARTS) is 1. The summed E-state index contributed by atoms with van der Waals surface area (Å²) >= 11 is 0. The van der Waals surface area contributed by atoms with Crippen LogP contribution in [0.2, 0.25) is 0 Å². The molecule has 3 aromatic rings. The third kappa shape index (κ3) is 2.66. The SMILES string of the molecule is Cc1c(-c2ccc(CN)o2)ccn2c(=O)c(OC(=O)O)cc(C3CC3)c12. The Morgan fingerprint density at radius 1 is 1.38 bits per heavy atom. The number of ether oxygens (including phenoxy) is 1. The Morgan fingerprint density at radius 2 is 2.15 bits per heavy atom. The van der Waals surface area contributed by atoms with Crippen molar-refractivity contribution in [3.63, 3.8) is 0 Å². The first-order valence-electron chi connectivity index (χ1n) is 8.38. The van der Waals surface area contributed by atoms with Crippen LogP contribution in [0.25, 0.3) is 16.8 Å². The van der Waals surface area contributed by atoms with Gasteiger partial charge in [-0.1, -0.05) is 0 Å². The molecular weight excluding hydrogens is 336 g/mol. The molecule has 0 spiro atoms. The van der Waals surface area contributed by atoms with Crippen molar-refractivity contribution in [1.82, 2.24) is 4.40 Å². The highest BCUT2D eigenvalue weighted by atomic mass is 16.7. The normalized spacial score (nSPS) is 13.9. The second-order valence-electron chi connectivity index (χ2n) is 6.45. The van der Waals surface area contributed by atoms with E-state index in [9.17, 15) is 9.59 Å². The van der Waals surface area contributed by atoms with Crippen LogP contribution in [0.4, 0.5) is 4.79 Å². The van der Waals surface area contributed by atoms with E-state index in [0.717, 1.165) is 35.0 Å². The fourth-order valence-corrected chi connectivity index (χ4v) is 3.34. The van der Waals surface area contributed by atoms with Gasteiger partial charge in [0.05, 0.1) is 12.1 Å². The van der Waals surface area contributed by atoms with Crippen LogP contribution in [0.15, 0.2) is 39.7 Å². The maximum absolute atomic E-state index is 12.6. The van der Waals surface area contributed by atoms with E-state index >= 15 is 0 Å². The van der Waals surface area contributed by atoms with E-state index in [-0.39, 0.29) is 5.75 Å². The van der Waals surface area contributed by atoms with E-state index < -0.39 is 11.7 Å². The summed E-state index contributed by atoms with van der Waals surface area (Å²) in [6, 6.07) is 7.03. The number of furan rings is 1. The molecule has 134 valence electrons. The lowest BCUT2D eigenvalue weighted by molar-refractivity contribution is 0.143. The highest BCUT2D eigenvalue weighted by Crippen LogP contribution is 2.44. The molecule has 3 N–H and O–H groups in total. The minimum Gasteiger partial charge on any atom is -0.460 e. The number of aryl methyl sites for hydroxylation is 1. The number of hydrogen-bond donors (Lipinski definition) is 2. The van der Waals surface area contributed by atoms with Gasteiger partial charge in [-0.05, 0) is 61.1 Å². The van der Waals surface area contributed by atoms with Crippen LogP contribution in [-0.4, -0.2) is 15.7 Å². The molecule has 26 heavy (non-hydrogen) atoms. The number of rotatable bonds is 4. The Morgan fingerprint density at radius 3 is 2.77 bits per heavy atom. The second-order valence-corrected chi connectivity index (χ2v) is 6.45. The van der Waals surface area contributed by atoms with Gasteiger partial charge in [-0.15, -0.1) is 0 Å². The molecule has 3 aromatic heterocycles. The lowest BCUT2D eigenvalue weighted by Crippen LogP contribution is -2.20. The van der Waals surface area contributed by atoms with E-state index in [2.05, 4.69) is 0 Å². The van der Waals surface area contributed by atoms with Crippen molar-refractivity contribution >= 4 is 11.7 Å². The smallest absolute Gasteiger partial charge is 0.460 e. The van der Waals surface area contributed by atoms with Gasteiger partial charge in [0.1, 0.15) is 11.5 Å². The van der Waals surface area contributed by atoms with Crippen molar-refractivity contribution in [2.45, 2.75) is 32.2 Å². The predicted molar refractivity (Wildman–Crippen MR) is 94.6 cm³/mol. The summed E-state index contributed by atoms with van der Waals surface area (Å²) in [5.41, 5.74) is 8.59. The van der Waals surface area contributed by atoms with E-state index in [1.165, 1.54) is 4.40 Å². The molecule has 7 nitrogen and oxygen atoms in total. The van der Waals surface area contributed by atoms with Gasteiger partial charge < -0.3 is 20.0 Å². The Hall–Kier alpha value is -3.06. The molecule has 0 amide bonds. The minimum absolute atomic E-state index is 0.174. The molecule has 1 fully saturated rings. The maximum atomic E-state index is 12.6. The Balaban J connectivity index is 1.97. The zero-order valence-corrected chi connectivity index (χ0v) is 14.2. The standard InChI is InChI=1S/C19H18N2O5/c1-10-13(15-5-4-12(9-20)25-15)6-7-21-17(10)14(11-2-3-11)8-16(18(21)22)26-19(23)24/h4-8,11H,2-3,9,20H2,1H3,(H,23,24). The van der Waals surface area contributed by atoms with Crippen molar-refractivity contribution in [3.8, 4) is 17.1 Å². The van der Waals surface area contributed by atoms with Crippen molar-refractivity contribution in [2.24, 2.45) is 5.73 Å². The van der Waals surface area contributed by atoms with Gasteiger partial charge in [0, 0.05) is 11.8 Å². The first-order chi connectivity index (χ1) is 12.5. The average Bonchev–Trinajstić information content (AvgIpc) is 3.34. The first-order valence-corrected chi connectivity index (χ1v) is 8.38. The van der Waals surface area contributed by atoms with Crippen LogP contribution in [0.5, 0.6) is 5.75 Å². The van der Waals surface area contributed by atoms with Gasteiger partial charge >= 0.3 is 6.16 Å². The lowest BCUT2D eigenvalue weighted by Gasteiger charge is -2.14. The van der Waals surface area contributed by atoms with E-state index in [1.807, 2.05) is 19.1 Å². The number of hydrogen-bond acceptors (Lipinski definition) is 5. The number of fused-ring (bicyclic) bond motifs is 1. The highest BCUT2D eigenvalue weighted by molar-refractivity contribution is 5.76. The van der Waals surface area contributed by atoms with Gasteiger partial charge in [-0.2, -0.15) is 0 Å². The molecule has 0 saturated heterocycles. The van der Waals surface area contributed by atoms with Crippen molar-refractivity contribution in [2.75, 3.05) is 0 Å². The fraction of sp³-hybridized carbons (Fsp3) is 0.263. The predicted octanol–water partition coefficient (Wildman–Crippen LogP) is 3.26. The molecule has 1 aliphatic carbocycles. The Labute approximate surface area is 148 Å². The minimum atomic E-state index is -1.50. The highest BCUT2D eigenvalue weighted by Gasteiger charge is 2.29. The number of aromatic nitrogens is 1. The summed E-state index contributed by atoms with van der Waals surface area (Å²) < 4.78 is 11.9. The van der Waals surface area contributed by atoms with Crippen LogP contribution in [0, 0.1) is 6.92 Å². The molecule has 0 aliphatic heterocycles. The van der Waals surface area contributed by atoms with Crippen LogP contribution < -0.4 is 16.0 Å². The summed E-state index contributed by atoms with van der Waals surface area (Å²) in [5.74, 6) is 1.49. The molecule has 0 atom stereocenters. The molecule has 3 heterocycles. The molecule has 0 radical (unpaired) electrons. The van der Waals surface area contributed by atoms with E-state index in [0.29, 0.717) is 24.0 Å². The topological polar surface area (TPSA) is 107 Å². The van der Waals surface area contributed by atoms with Gasteiger partial charge in [0.2, 0.25) is 0 Å². The summed E-state index contributed by atoms with van der Waals surface area (Å²) in [6.45, 7) is 2.24. The third-order valence-electron chi connectivity index (χ3n) is 4.72. The second kappa shape index (κ2) is 6.03. The Bertz CT molecular complexity index is 1080. The molecule has 0 unspecified atom stereocenters. The monoisotopic (exact) mass is 354 g/mol. The zero-order chi connectivity index (χ0) is 18.4. The van der Waals surface area contributed by atoms with E-state index in [1.54, 1.807) is 18.3 Å². The molecule has 1 aliphatic rings. The fourth-order valence-electron chi connectivity index (χ4n) is 3.34. The summed E-state index contributed by atoms with van der Waals surface area (Å²) in [5, 5.41) is 8.89. The van der Waals surface area contributed by atoms with Crippen LogP contribution in [0.3, 0.4) is 0 Å². The number of carbonyl (C=O) groups is 1. The third-order valence-corrected chi connectivity index (χ3v) is 4.72. The lowest BCUT2D eigenvalue weighted by atomic mass is 10.0. The summed E-state index contributed by atoms with van der Waals surface area (Å²) in [4.78, 5) is 23.5. The maximum Gasteiger partial charge on any atom is 0.511 e. The largest absolute Gasteiger partial charge is 0.511 e. The Kier molecular flexibility index (Phi) is 3.81. The number of pyridine rings is 2. The van der Waals surface area contributed by atoms with Crippen LogP contribution in [0.1, 0.15) is 35.6 Å². The molecule has 0 aromatic carbocycles. The van der Waals surface area contributed by atoms with Crippen molar-refractivity contribution in [3.05, 3.63) is 57.7 Å². The number of nitrogens with two attached hydrogens (primary N) is 1. The van der Waals surface area contributed by atoms with Crippen LogP contribution in [-0.2, 0) is 6.54 Å². The molecule has 1 saturated carbocycles. The quantitative estimate of drug-likeness (QED) is 0.696. The van der Waals surface area contributed by atoms with Gasteiger partial charge in [-0.3, -0.25) is 9.20 Å². The average molecular weight is 354 g/mol. The van der Waals surface area contributed by atoms with Gasteiger partial charge in [-0.25, -0.2) is 4.79 Å². The van der Waals surface area contributed by atoms with Crippen molar-refractivity contribution < 1.29 is 19.1 Å². The molecule has 0 bridgehead atoms. The molecular formula is C19H18N2O5. The van der Waals surface area contributed by atoms with Gasteiger partial charge in [0.25, 0.3) is 5.56 Å². The number of nitrogens with zero attached hydrogens (tertiary/aromatic N) is 1. The molecule has 4 rings (SSSR count). The van der Waals surface area contributed by atoms with Gasteiger partial charge in [0.15, 0.2) is 5.75 Å². The van der Waals surface area contributed by atoms with Crippen molar-refractivity contribution in [1.29, 1.82) is 0 Å². The zero-order valence-electron chi connectivity index (χ0n) is 14.2. The summed E-state index contributed by atoms with van der Waals surface area (Å²) in [6.07, 6.45) is 2.14. The summed E-state index contributed by atoms with van der Waals surface area (Å²) in [7, 11) is 0. The van der Waals surface area contributed by atoms with Crippen LogP contribution >= 0.6 is 0 Å². The first kappa shape index (κ1) is 16.4. The molecule has 7 heteroatoms.